The average molecular weight is 291 g/mol. The van der Waals surface area contributed by atoms with Gasteiger partial charge in [0.1, 0.15) is 5.75 Å². The summed E-state index contributed by atoms with van der Waals surface area (Å²) in [4.78, 5) is 16.1. The molecule has 20 heavy (non-hydrogen) atoms. The first kappa shape index (κ1) is 14.5. The zero-order valence-electron chi connectivity index (χ0n) is 11.9. The second-order valence-corrected chi connectivity index (χ2v) is 6.05. The topological polar surface area (TPSA) is 59.4 Å². The molecule has 2 rings (SSSR count). The van der Waals surface area contributed by atoms with Crippen molar-refractivity contribution < 1.29 is 14.6 Å². The van der Waals surface area contributed by atoms with Gasteiger partial charge in [0, 0.05) is 10.4 Å². The van der Waals surface area contributed by atoms with E-state index < -0.39 is 5.97 Å². The number of carboxylic acids is 1. The minimum Gasteiger partial charge on any atom is -0.496 e. The molecule has 1 N–H and O–H groups in total. The molecule has 0 aliphatic carbocycles. The lowest BCUT2D eigenvalue weighted by Crippen LogP contribution is -1.96. The van der Waals surface area contributed by atoms with Crippen molar-refractivity contribution in [3.05, 3.63) is 33.6 Å². The van der Waals surface area contributed by atoms with Gasteiger partial charge in [0.25, 0.3) is 0 Å². The largest absolute Gasteiger partial charge is 0.496 e. The molecular weight excluding hydrogens is 274 g/mol. The van der Waals surface area contributed by atoms with Gasteiger partial charge in [0.15, 0.2) is 0 Å². The zero-order chi connectivity index (χ0) is 14.9. The van der Waals surface area contributed by atoms with Gasteiger partial charge in [-0.3, -0.25) is 0 Å². The minimum absolute atomic E-state index is 0.106. The van der Waals surface area contributed by atoms with E-state index in [2.05, 4.69) is 18.8 Å². The molecule has 0 fully saturated rings. The van der Waals surface area contributed by atoms with Crippen LogP contribution < -0.4 is 4.74 Å². The molecule has 0 saturated heterocycles. The molecule has 1 aromatic carbocycles. The average Bonchev–Trinajstić information content (AvgIpc) is 2.80. The number of thiazole rings is 1. The molecule has 0 radical (unpaired) electrons. The Morgan fingerprint density at radius 3 is 2.60 bits per heavy atom. The van der Waals surface area contributed by atoms with Crippen LogP contribution in [0.5, 0.6) is 5.75 Å². The number of carbonyl (C=O) groups is 1. The van der Waals surface area contributed by atoms with E-state index in [0.29, 0.717) is 17.4 Å². The van der Waals surface area contributed by atoms with Crippen LogP contribution in [0.1, 0.15) is 40.0 Å². The van der Waals surface area contributed by atoms with Crippen LogP contribution in [0.2, 0.25) is 0 Å². The quantitative estimate of drug-likeness (QED) is 0.926. The lowest BCUT2D eigenvalue weighted by atomic mass is 9.98. The number of carboxylic acid groups (broad SMARTS) is 1. The second-order valence-electron chi connectivity index (χ2n) is 4.84. The fourth-order valence-corrected chi connectivity index (χ4v) is 2.77. The van der Waals surface area contributed by atoms with E-state index in [0.717, 1.165) is 10.4 Å². The number of rotatable bonds is 4. The number of nitrogens with zero attached hydrogens (tertiary/aromatic N) is 1. The minimum atomic E-state index is -0.997. The van der Waals surface area contributed by atoms with Crippen LogP contribution in [-0.4, -0.2) is 23.2 Å². The van der Waals surface area contributed by atoms with E-state index in [1.54, 1.807) is 7.11 Å². The van der Waals surface area contributed by atoms with Gasteiger partial charge >= 0.3 is 5.97 Å². The standard InChI is InChI=1S/C15H17NO3S/c1-8(2)10-5-6-12(19-4)11(7-10)13-9(3)20-14(16-13)15(17)18/h5-8H,1-4H3,(H,17,18). The molecule has 1 aromatic heterocycles. The molecule has 0 amide bonds. The molecule has 0 atom stereocenters. The SMILES string of the molecule is COc1ccc(C(C)C)cc1-c1nc(C(=O)O)sc1C. The number of aromatic nitrogens is 1. The highest BCUT2D eigenvalue weighted by Gasteiger charge is 2.18. The number of methoxy groups -OCH3 is 1. The number of ether oxygens (including phenoxy) is 1. The first-order chi connectivity index (χ1) is 9.43. The fraction of sp³-hybridized carbons (Fsp3) is 0.333. The Hall–Kier alpha value is -1.88. The van der Waals surface area contributed by atoms with Crippen molar-refractivity contribution >= 4 is 17.3 Å². The van der Waals surface area contributed by atoms with Crippen molar-refractivity contribution in [3.8, 4) is 17.0 Å². The van der Waals surface area contributed by atoms with Gasteiger partial charge in [-0.1, -0.05) is 19.9 Å². The Labute approximate surface area is 122 Å². The van der Waals surface area contributed by atoms with Crippen molar-refractivity contribution in [2.24, 2.45) is 0 Å². The molecule has 2 aromatic rings. The van der Waals surface area contributed by atoms with Crippen LogP contribution in [0.4, 0.5) is 0 Å². The van der Waals surface area contributed by atoms with E-state index in [1.165, 1.54) is 16.9 Å². The number of aryl methyl sites for hydroxylation is 1. The Kier molecular flexibility index (Phi) is 4.09. The van der Waals surface area contributed by atoms with E-state index in [-0.39, 0.29) is 5.01 Å². The normalized spacial score (nSPS) is 10.8. The van der Waals surface area contributed by atoms with Gasteiger partial charge in [-0.05, 0) is 30.5 Å². The maximum atomic E-state index is 11.0. The molecule has 106 valence electrons. The van der Waals surface area contributed by atoms with E-state index in [9.17, 15) is 4.79 Å². The predicted molar refractivity (Wildman–Crippen MR) is 79.9 cm³/mol. The molecular formula is C15H17NO3S. The van der Waals surface area contributed by atoms with Crippen molar-refractivity contribution in [2.75, 3.05) is 7.11 Å². The summed E-state index contributed by atoms with van der Waals surface area (Å²) < 4.78 is 5.38. The third-order valence-electron chi connectivity index (χ3n) is 3.12. The third-order valence-corrected chi connectivity index (χ3v) is 4.08. The maximum Gasteiger partial charge on any atom is 0.365 e. The molecule has 0 bridgehead atoms. The van der Waals surface area contributed by atoms with Crippen LogP contribution >= 0.6 is 11.3 Å². The van der Waals surface area contributed by atoms with Gasteiger partial charge in [0.05, 0.1) is 12.8 Å². The Bertz CT molecular complexity index is 647. The summed E-state index contributed by atoms with van der Waals surface area (Å²) in [5.74, 6) is 0.0978. The lowest BCUT2D eigenvalue weighted by molar-refractivity contribution is 0.0696. The highest BCUT2D eigenvalue weighted by atomic mass is 32.1. The van der Waals surface area contributed by atoms with Gasteiger partial charge in [-0.2, -0.15) is 0 Å². The second kappa shape index (κ2) is 5.63. The number of aromatic carboxylic acids is 1. The van der Waals surface area contributed by atoms with E-state index in [1.807, 2.05) is 25.1 Å². The van der Waals surface area contributed by atoms with Gasteiger partial charge in [-0.15, -0.1) is 11.3 Å². The van der Waals surface area contributed by atoms with Crippen LogP contribution in [0.3, 0.4) is 0 Å². The molecule has 0 aliphatic rings. The van der Waals surface area contributed by atoms with Gasteiger partial charge in [0.2, 0.25) is 5.01 Å². The third kappa shape index (κ3) is 2.67. The number of hydrogen-bond acceptors (Lipinski definition) is 4. The highest BCUT2D eigenvalue weighted by molar-refractivity contribution is 7.13. The number of benzene rings is 1. The zero-order valence-corrected chi connectivity index (χ0v) is 12.7. The first-order valence-electron chi connectivity index (χ1n) is 6.33. The van der Waals surface area contributed by atoms with E-state index >= 15 is 0 Å². The van der Waals surface area contributed by atoms with Crippen molar-refractivity contribution in [2.45, 2.75) is 26.7 Å². The van der Waals surface area contributed by atoms with Crippen LogP contribution in [0, 0.1) is 6.92 Å². The monoisotopic (exact) mass is 291 g/mol. The smallest absolute Gasteiger partial charge is 0.365 e. The molecule has 4 nitrogen and oxygen atoms in total. The van der Waals surface area contributed by atoms with Crippen LogP contribution in [0.25, 0.3) is 11.3 Å². The Balaban J connectivity index is 2.60. The molecule has 0 saturated carbocycles. The van der Waals surface area contributed by atoms with E-state index in [4.69, 9.17) is 9.84 Å². The van der Waals surface area contributed by atoms with Crippen molar-refractivity contribution in [3.63, 3.8) is 0 Å². The summed E-state index contributed by atoms with van der Waals surface area (Å²) in [7, 11) is 1.60. The molecule has 1 heterocycles. The maximum absolute atomic E-state index is 11.0. The van der Waals surface area contributed by atoms with Crippen LogP contribution in [-0.2, 0) is 0 Å². The van der Waals surface area contributed by atoms with Gasteiger partial charge in [-0.25, -0.2) is 9.78 Å². The van der Waals surface area contributed by atoms with Gasteiger partial charge < -0.3 is 9.84 Å². The predicted octanol–water partition coefficient (Wildman–Crippen LogP) is 3.95. The Morgan fingerprint density at radius 2 is 2.10 bits per heavy atom. The summed E-state index contributed by atoms with van der Waals surface area (Å²) in [6.45, 7) is 6.10. The van der Waals surface area contributed by atoms with Crippen molar-refractivity contribution in [1.82, 2.24) is 4.98 Å². The molecule has 0 spiro atoms. The number of hydrogen-bond donors (Lipinski definition) is 1. The molecule has 5 heteroatoms. The highest BCUT2D eigenvalue weighted by Crippen LogP contribution is 2.36. The molecule has 0 aliphatic heterocycles. The Morgan fingerprint density at radius 1 is 1.40 bits per heavy atom. The summed E-state index contributed by atoms with van der Waals surface area (Å²) in [6, 6.07) is 5.95. The first-order valence-corrected chi connectivity index (χ1v) is 7.14. The summed E-state index contributed by atoms with van der Waals surface area (Å²) in [5.41, 5.74) is 2.71. The summed E-state index contributed by atoms with van der Waals surface area (Å²) in [6.07, 6.45) is 0. The summed E-state index contributed by atoms with van der Waals surface area (Å²) >= 11 is 1.18. The fourth-order valence-electron chi connectivity index (χ4n) is 2.01. The lowest BCUT2D eigenvalue weighted by Gasteiger charge is -2.12. The summed E-state index contributed by atoms with van der Waals surface area (Å²) in [5, 5.41) is 9.16. The van der Waals surface area contributed by atoms with Crippen molar-refractivity contribution in [1.29, 1.82) is 0 Å². The molecule has 0 unspecified atom stereocenters. The van der Waals surface area contributed by atoms with Crippen LogP contribution in [0.15, 0.2) is 18.2 Å².